The van der Waals surface area contributed by atoms with Crippen molar-refractivity contribution >= 4 is 12.2 Å². The van der Waals surface area contributed by atoms with Crippen molar-refractivity contribution < 1.29 is 9.59 Å². The average molecular weight is 441 g/mol. The summed E-state index contributed by atoms with van der Waals surface area (Å²) in [5.41, 5.74) is 1.81. The minimum Gasteiger partial charge on any atom is -0.352 e. The van der Waals surface area contributed by atoms with E-state index in [1.807, 2.05) is 52.1 Å². The molecule has 4 heteroatoms. The van der Waals surface area contributed by atoms with Crippen molar-refractivity contribution in [1.82, 2.24) is 10.2 Å². The Morgan fingerprint density at radius 1 is 1.09 bits per heavy atom. The summed E-state index contributed by atoms with van der Waals surface area (Å²) in [6.07, 6.45) is 18.6. The number of nitrogens with one attached hydrogen (secondary N) is 1. The third-order valence-corrected chi connectivity index (χ3v) is 6.45. The summed E-state index contributed by atoms with van der Waals surface area (Å²) in [7, 11) is 2.00. The molecule has 0 bridgehead atoms. The van der Waals surface area contributed by atoms with Crippen LogP contribution in [0, 0.1) is 25.2 Å². The van der Waals surface area contributed by atoms with Crippen LogP contribution >= 0.6 is 0 Å². The predicted molar refractivity (Wildman–Crippen MR) is 135 cm³/mol. The Balaban J connectivity index is 0.000000388. The number of carbonyl (C=O) groups is 2. The Hall–Kier alpha value is -2.12. The number of hydrogen-bond donors (Lipinski definition) is 1. The highest BCUT2D eigenvalue weighted by Crippen LogP contribution is 2.29. The molecule has 2 fully saturated rings. The van der Waals surface area contributed by atoms with Crippen LogP contribution in [0.15, 0.2) is 24.3 Å². The number of nitrogens with zero attached hydrogens (tertiary/aromatic N) is 1. The van der Waals surface area contributed by atoms with E-state index in [1.165, 1.54) is 38.5 Å². The van der Waals surface area contributed by atoms with E-state index in [9.17, 15) is 9.59 Å². The molecule has 2 aliphatic carbocycles. The molecule has 0 radical (unpaired) electrons. The van der Waals surface area contributed by atoms with Gasteiger partial charge in [-0.3, -0.25) is 14.5 Å². The van der Waals surface area contributed by atoms with Crippen LogP contribution in [0.1, 0.15) is 94.0 Å². The Kier molecular flexibility index (Phi) is 14.4. The van der Waals surface area contributed by atoms with Gasteiger partial charge in [-0.1, -0.05) is 82.6 Å². The van der Waals surface area contributed by atoms with Crippen LogP contribution in [0.2, 0.25) is 0 Å². The zero-order chi connectivity index (χ0) is 23.8. The van der Waals surface area contributed by atoms with Crippen molar-refractivity contribution in [1.29, 1.82) is 0 Å². The van der Waals surface area contributed by atoms with Crippen molar-refractivity contribution in [3.63, 3.8) is 0 Å². The van der Waals surface area contributed by atoms with Gasteiger partial charge in [0, 0.05) is 11.6 Å². The van der Waals surface area contributed by atoms with Crippen LogP contribution in [-0.2, 0) is 4.79 Å². The molecule has 0 aromatic heterocycles. The molecule has 4 nitrogen and oxygen atoms in total. The van der Waals surface area contributed by atoms with Crippen molar-refractivity contribution in [3.05, 3.63) is 35.4 Å². The fourth-order valence-corrected chi connectivity index (χ4v) is 4.72. The number of aryl methyl sites for hydroxylation is 1. The maximum atomic E-state index is 12.8. The van der Waals surface area contributed by atoms with E-state index in [-0.39, 0.29) is 11.9 Å². The maximum absolute atomic E-state index is 12.8. The van der Waals surface area contributed by atoms with E-state index in [1.54, 1.807) is 0 Å². The van der Waals surface area contributed by atoms with Gasteiger partial charge in [0.2, 0.25) is 5.91 Å². The number of amides is 1. The highest BCUT2D eigenvalue weighted by atomic mass is 16.2. The molecule has 3 rings (SSSR count). The molecule has 1 amide bonds. The van der Waals surface area contributed by atoms with Gasteiger partial charge in [0.1, 0.15) is 6.29 Å². The molecule has 0 heterocycles. The number of benzene rings is 1. The van der Waals surface area contributed by atoms with Gasteiger partial charge in [0.15, 0.2) is 0 Å². The van der Waals surface area contributed by atoms with Gasteiger partial charge in [-0.15, -0.1) is 6.42 Å². The van der Waals surface area contributed by atoms with Crippen LogP contribution < -0.4 is 5.32 Å². The van der Waals surface area contributed by atoms with Gasteiger partial charge < -0.3 is 5.32 Å². The van der Waals surface area contributed by atoms with E-state index in [2.05, 4.69) is 16.1 Å². The fourth-order valence-electron chi connectivity index (χ4n) is 4.72. The monoisotopic (exact) mass is 440 g/mol. The molecule has 2 saturated carbocycles. The molecule has 0 saturated heterocycles. The second kappa shape index (κ2) is 16.5. The topological polar surface area (TPSA) is 49.4 Å². The van der Waals surface area contributed by atoms with Crippen LogP contribution in [-0.4, -0.2) is 42.8 Å². The molecular formula is C28H44N2O2. The molecule has 1 aromatic carbocycles. The standard InChI is InChI=1S/C18H30N2O.C8H8O.C2H6/c1-3-14-20(2)17(15-10-6-4-7-11-15)18(21)19-16-12-8-5-9-13-16;1-7-4-2-3-5-8(7)6-9;1-2/h1,15-17H,4-14H2,2H3,(H,19,21);2-6H,1H3;1-2H3. The van der Waals surface area contributed by atoms with Crippen molar-refractivity contribution in [3.8, 4) is 12.3 Å². The zero-order valence-corrected chi connectivity index (χ0v) is 20.7. The van der Waals surface area contributed by atoms with Crippen LogP contribution in [0.4, 0.5) is 0 Å². The van der Waals surface area contributed by atoms with Crippen LogP contribution in [0.3, 0.4) is 0 Å². The Labute approximate surface area is 196 Å². The lowest BCUT2D eigenvalue weighted by Gasteiger charge is -2.36. The number of carbonyl (C=O) groups excluding carboxylic acids is 2. The first-order valence-electron chi connectivity index (χ1n) is 12.5. The summed E-state index contributed by atoms with van der Waals surface area (Å²) in [5, 5.41) is 3.31. The van der Waals surface area contributed by atoms with Crippen molar-refractivity contribution in [2.45, 2.75) is 97.1 Å². The number of terminal acetylenes is 1. The minimum absolute atomic E-state index is 0.0386. The lowest BCUT2D eigenvalue weighted by atomic mass is 9.82. The van der Waals surface area contributed by atoms with Crippen LogP contribution in [0.5, 0.6) is 0 Å². The molecule has 1 N–H and O–H groups in total. The second-order valence-electron chi connectivity index (χ2n) is 8.78. The summed E-state index contributed by atoms with van der Waals surface area (Å²) in [6.45, 7) is 6.48. The quantitative estimate of drug-likeness (QED) is 0.450. The van der Waals surface area contributed by atoms with E-state index in [0.29, 0.717) is 18.5 Å². The summed E-state index contributed by atoms with van der Waals surface area (Å²) in [4.78, 5) is 25.1. The van der Waals surface area contributed by atoms with Gasteiger partial charge >= 0.3 is 0 Å². The highest BCUT2D eigenvalue weighted by Gasteiger charge is 2.33. The summed E-state index contributed by atoms with van der Waals surface area (Å²) < 4.78 is 0. The highest BCUT2D eigenvalue weighted by molar-refractivity contribution is 5.82. The Bertz CT molecular complexity index is 698. The molecule has 1 aromatic rings. The van der Waals surface area contributed by atoms with Gasteiger partial charge in [-0.2, -0.15) is 0 Å². The van der Waals surface area contributed by atoms with Gasteiger partial charge in [0.05, 0.1) is 12.6 Å². The van der Waals surface area contributed by atoms with Crippen LogP contribution in [0.25, 0.3) is 0 Å². The number of likely N-dealkylation sites (N-methyl/N-ethyl adjacent to an activating group) is 1. The first-order chi connectivity index (χ1) is 15.6. The van der Waals surface area contributed by atoms with Crippen molar-refractivity contribution in [2.24, 2.45) is 5.92 Å². The molecule has 2 aliphatic rings. The lowest BCUT2D eigenvalue weighted by Crippen LogP contribution is -2.52. The van der Waals surface area contributed by atoms with Gasteiger partial charge in [0.25, 0.3) is 0 Å². The van der Waals surface area contributed by atoms with E-state index < -0.39 is 0 Å². The first kappa shape index (κ1) is 27.9. The molecule has 0 spiro atoms. The summed E-state index contributed by atoms with van der Waals surface area (Å²) in [5.74, 6) is 3.38. The maximum Gasteiger partial charge on any atom is 0.237 e. The average Bonchev–Trinajstić information content (AvgIpc) is 2.83. The first-order valence-corrected chi connectivity index (χ1v) is 12.5. The number of rotatable bonds is 6. The summed E-state index contributed by atoms with van der Waals surface area (Å²) >= 11 is 0. The van der Waals surface area contributed by atoms with Gasteiger partial charge in [-0.05, 0) is 51.1 Å². The molecule has 1 atom stereocenters. The zero-order valence-electron chi connectivity index (χ0n) is 20.7. The van der Waals surface area contributed by atoms with E-state index in [0.717, 1.165) is 43.1 Å². The smallest absolute Gasteiger partial charge is 0.237 e. The largest absolute Gasteiger partial charge is 0.352 e. The SMILES string of the molecule is C#CCN(C)C(C(=O)NC1CCCCC1)C1CCCCC1.CC.Cc1ccccc1C=O. The molecule has 0 aliphatic heterocycles. The number of aldehydes is 1. The predicted octanol–water partition coefficient (Wildman–Crippen LogP) is 5.78. The molecule has 32 heavy (non-hydrogen) atoms. The Morgan fingerprint density at radius 3 is 2.16 bits per heavy atom. The lowest BCUT2D eigenvalue weighted by molar-refractivity contribution is -0.129. The van der Waals surface area contributed by atoms with Crippen molar-refractivity contribution in [2.75, 3.05) is 13.6 Å². The molecule has 178 valence electrons. The third-order valence-electron chi connectivity index (χ3n) is 6.45. The Morgan fingerprint density at radius 2 is 1.66 bits per heavy atom. The number of hydrogen-bond acceptors (Lipinski definition) is 3. The second-order valence-corrected chi connectivity index (χ2v) is 8.78. The van der Waals surface area contributed by atoms with E-state index >= 15 is 0 Å². The summed E-state index contributed by atoms with van der Waals surface area (Å²) in [6, 6.07) is 7.85. The third kappa shape index (κ3) is 9.57. The minimum atomic E-state index is -0.0386. The molecule has 1 unspecified atom stereocenters. The molecular weight excluding hydrogens is 396 g/mol. The van der Waals surface area contributed by atoms with E-state index in [4.69, 9.17) is 6.42 Å². The van der Waals surface area contributed by atoms with Gasteiger partial charge in [-0.25, -0.2) is 0 Å². The normalized spacial score (nSPS) is 17.6. The fraction of sp³-hybridized carbons (Fsp3) is 0.643.